The predicted octanol–water partition coefficient (Wildman–Crippen LogP) is -0.632. The van der Waals surface area contributed by atoms with E-state index in [1.807, 2.05) is 0 Å². The summed E-state index contributed by atoms with van der Waals surface area (Å²) in [5.41, 5.74) is -0.921. The van der Waals surface area contributed by atoms with Gasteiger partial charge in [-0.25, -0.2) is 4.79 Å². The molecule has 3 rings (SSSR count). The first kappa shape index (κ1) is 18.5. The molecule has 0 aromatic heterocycles. The molecule has 2 heterocycles. The molecule has 1 aliphatic carbocycles. The second kappa shape index (κ2) is 7.51. The number of carbonyl (C=O) groups excluding carboxylic acids is 4. The third kappa shape index (κ3) is 3.47. The van der Waals surface area contributed by atoms with E-state index in [1.54, 1.807) is 26.5 Å². The van der Waals surface area contributed by atoms with Crippen molar-refractivity contribution >= 4 is 24.3 Å². The van der Waals surface area contributed by atoms with E-state index in [0.717, 1.165) is 6.41 Å². The quantitative estimate of drug-likeness (QED) is 0.488. The molecule has 2 aliphatic heterocycles. The van der Waals surface area contributed by atoms with Gasteiger partial charge in [0, 0.05) is 52.4 Å². The van der Waals surface area contributed by atoms with E-state index in [0.29, 0.717) is 71.8 Å². The molecule has 3 fully saturated rings. The molecule has 4 amide bonds. The van der Waals surface area contributed by atoms with Gasteiger partial charge >= 0.3 is 6.09 Å². The predicted molar refractivity (Wildman–Crippen MR) is 91.1 cm³/mol. The molecule has 26 heavy (non-hydrogen) atoms. The van der Waals surface area contributed by atoms with Gasteiger partial charge in [-0.2, -0.15) is 0 Å². The van der Waals surface area contributed by atoms with Crippen LogP contribution in [-0.2, 0) is 19.1 Å². The molecule has 0 atom stereocenters. The fourth-order valence-corrected chi connectivity index (χ4v) is 3.59. The third-order valence-electron chi connectivity index (χ3n) is 5.41. The van der Waals surface area contributed by atoms with Crippen molar-refractivity contribution < 1.29 is 23.9 Å². The second-order valence-electron chi connectivity index (χ2n) is 6.99. The highest BCUT2D eigenvalue weighted by atomic mass is 16.6. The zero-order valence-corrected chi connectivity index (χ0v) is 15.2. The van der Waals surface area contributed by atoms with Crippen LogP contribution in [0.4, 0.5) is 4.79 Å². The second-order valence-corrected chi connectivity index (χ2v) is 6.99. The largest absolute Gasteiger partial charge is 0.450 e. The van der Waals surface area contributed by atoms with Crippen LogP contribution in [0.25, 0.3) is 0 Å². The first-order valence-electron chi connectivity index (χ1n) is 9.21. The lowest BCUT2D eigenvalue weighted by molar-refractivity contribution is -0.152. The zero-order chi connectivity index (χ0) is 18.7. The van der Waals surface area contributed by atoms with E-state index in [-0.39, 0.29) is 17.9 Å². The van der Waals surface area contributed by atoms with Gasteiger partial charge in [0.15, 0.2) is 0 Å². The zero-order valence-electron chi connectivity index (χ0n) is 15.2. The summed E-state index contributed by atoms with van der Waals surface area (Å²) in [6.45, 7) is 5.75. The summed E-state index contributed by atoms with van der Waals surface area (Å²) in [4.78, 5) is 55.1. The van der Waals surface area contributed by atoms with Crippen LogP contribution in [0, 0.1) is 5.41 Å². The van der Waals surface area contributed by atoms with Gasteiger partial charge in [-0.05, 0) is 19.8 Å². The Balaban J connectivity index is 1.55. The molecule has 2 saturated heterocycles. The fourth-order valence-electron chi connectivity index (χ4n) is 3.59. The number of piperazine rings is 2. The molecule has 0 aromatic rings. The van der Waals surface area contributed by atoms with Crippen LogP contribution < -0.4 is 0 Å². The molecular weight excluding hydrogens is 340 g/mol. The van der Waals surface area contributed by atoms with Crippen LogP contribution >= 0.6 is 0 Å². The Bertz CT molecular complexity index is 576. The molecule has 0 N–H and O–H groups in total. The summed E-state index contributed by atoms with van der Waals surface area (Å²) < 4.78 is 4.99. The van der Waals surface area contributed by atoms with Crippen molar-refractivity contribution in [1.29, 1.82) is 0 Å². The molecule has 9 heteroatoms. The maximum absolute atomic E-state index is 13.0. The van der Waals surface area contributed by atoms with E-state index in [9.17, 15) is 19.2 Å². The molecule has 0 radical (unpaired) electrons. The van der Waals surface area contributed by atoms with Crippen molar-refractivity contribution in [2.45, 2.75) is 19.8 Å². The first-order chi connectivity index (χ1) is 12.5. The van der Waals surface area contributed by atoms with Gasteiger partial charge in [-0.1, -0.05) is 0 Å². The number of hydrogen-bond acceptors (Lipinski definition) is 5. The Labute approximate surface area is 152 Å². The normalized spacial score (nSPS) is 22.0. The van der Waals surface area contributed by atoms with Gasteiger partial charge in [-0.15, -0.1) is 0 Å². The Morgan fingerprint density at radius 1 is 0.846 bits per heavy atom. The lowest BCUT2D eigenvalue weighted by Gasteiger charge is -2.38. The molecule has 0 aromatic carbocycles. The number of amides is 4. The monoisotopic (exact) mass is 366 g/mol. The van der Waals surface area contributed by atoms with E-state index in [4.69, 9.17) is 4.74 Å². The summed E-state index contributed by atoms with van der Waals surface area (Å²) in [5.74, 6) is -0.232. The highest BCUT2D eigenvalue weighted by molar-refractivity contribution is 6.08. The number of nitrogens with zero attached hydrogens (tertiary/aromatic N) is 4. The summed E-state index contributed by atoms with van der Waals surface area (Å²) >= 11 is 0. The SMILES string of the molecule is CCOC(=O)N1CCN(C(=O)C2(C(=O)N3CCN(C=O)CC3)CC2)CC1. The number of hydrogen-bond donors (Lipinski definition) is 0. The maximum atomic E-state index is 13.0. The molecule has 0 unspecified atom stereocenters. The molecule has 1 saturated carbocycles. The van der Waals surface area contributed by atoms with Gasteiger partial charge in [0.1, 0.15) is 5.41 Å². The average Bonchev–Trinajstić information content (AvgIpc) is 3.49. The number of carbonyl (C=O) groups is 4. The first-order valence-corrected chi connectivity index (χ1v) is 9.21. The van der Waals surface area contributed by atoms with E-state index < -0.39 is 5.41 Å². The minimum Gasteiger partial charge on any atom is -0.450 e. The smallest absolute Gasteiger partial charge is 0.409 e. The molecule has 9 nitrogen and oxygen atoms in total. The average molecular weight is 366 g/mol. The Kier molecular flexibility index (Phi) is 5.33. The molecule has 144 valence electrons. The standard InChI is InChI=1S/C17H26N4O5/c1-2-26-16(25)21-11-9-20(10-12-21)15(24)17(3-4-17)14(23)19-7-5-18(13-22)6-8-19/h13H,2-12H2,1H3. The minimum atomic E-state index is -0.921. The lowest BCUT2D eigenvalue weighted by Crippen LogP contribution is -2.56. The summed E-state index contributed by atoms with van der Waals surface area (Å²) in [6, 6.07) is 0. The van der Waals surface area contributed by atoms with Gasteiger partial charge in [0.25, 0.3) is 0 Å². The van der Waals surface area contributed by atoms with Crippen LogP contribution in [0.3, 0.4) is 0 Å². The lowest BCUT2D eigenvalue weighted by atomic mass is 10.0. The number of rotatable bonds is 4. The van der Waals surface area contributed by atoms with E-state index in [1.165, 1.54) is 0 Å². The topological polar surface area (TPSA) is 90.5 Å². The fraction of sp³-hybridized carbons (Fsp3) is 0.765. The van der Waals surface area contributed by atoms with Gasteiger partial charge in [-0.3, -0.25) is 14.4 Å². The Morgan fingerprint density at radius 2 is 1.31 bits per heavy atom. The van der Waals surface area contributed by atoms with E-state index >= 15 is 0 Å². The van der Waals surface area contributed by atoms with Crippen molar-refractivity contribution in [3.8, 4) is 0 Å². The summed E-state index contributed by atoms with van der Waals surface area (Å²) in [7, 11) is 0. The summed E-state index contributed by atoms with van der Waals surface area (Å²) in [6.07, 6.45) is 1.60. The Morgan fingerprint density at radius 3 is 1.73 bits per heavy atom. The van der Waals surface area contributed by atoms with Crippen LogP contribution in [0.1, 0.15) is 19.8 Å². The molecule has 3 aliphatic rings. The summed E-state index contributed by atoms with van der Waals surface area (Å²) in [5, 5.41) is 0. The van der Waals surface area contributed by atoms with Gasteiger partial charge in [0.2, 0.25) is 18.2 Å². The van der Waals surface area contributed by atoms with Crippen molar-refractivity contribution in [1.82, 2.24) is 19.6 Å². The molecule has 0 bridgehead atoms. The molecule has 0 spiro atoms. The van der Waals surface area contributed by atoms with Crippen LogP contribution in [0.2, 0.25) is 0 Å². The van der Waals surface area contributed by atoms with E-state index in [2.05, 4.69) is 0 Å². The van der Waals surface area contributed by atoms with Crippen LogP contribution in [0.15, 0.2) is 0 Å². The van der Waals surface area contributed by atoms with Crippen molar-refractivity contribution in [2.24, 2.45) is 5.41 Å². The van der Waals surface area contributed by atoms with Crippen LogP contribution in [0.5, 0.6) is 0 Å². The van der Waals surface area contributed by atoms with Gasteiger partial charge in [0.05, 0.1) is 6.61 Å². The third-order valence-corrected chi connectivity index (χ3v) is 5.41. The minimum absolute atomic E-state index is 0.110. The van der Waals surface area contributed by atoms with Crippen molar-refractivity contribution in [3.63, 3.8) is 0 Å². The van der Waals surface area contributed by atoms with Crippen molar-refractivity contribution in [2.75, 3.05) is 59.0 Å². The maximum Gasteiger partial charge on any atom is 0.409 e. The molecular formula is C17H26N4O5. The highest BCUT2D eigenvalue weighted by Crippen LogP contribution is 2.49. The Hall–Kier alpha value is -2.32. The highest BCUT2D eigenvalue weighted by Gasteiger charge is 2.59. The van der Waals surface area contributed by atoms with Gasteiger partial charge < -0.3 is 24.3 Å². The van der Waals surface area contributed by atoms with Crippen LogP contribution in [-0.4, -0.2) is 103 Å². The number of ether oxygens (including phenoxy) is 1. The van der Waals surface area contributed by atoms with Crippen molar-refractivity contribution in [3.05, 3.63) is 0 Å².